The number of anilines is 1. The number of hydrogen-bond donors (Lipinski definition) is 3. The molecule has 0 radical (unpaired) electrons. The van der Waals surface area contributed by atoms with Gasteiger partial charge in [0.1, 0.15) is 5.69 Å². The van der Waals surface area contributed by atoms with Gasteiger partial charge in [-0.25, -0.2) is 4.68 Å². The second kappa shape index (κ2) is 9.44. The van der Waals surface area contributed by atoms with Crippen LogP contribution < -0.4 is 16.1 Å². The normalized spacial score (nSPS) is 11.7. The molecular formula is C21H20Br2N4O3. The van der Waals surface area contributed by atoms with Crippen molar-refractivity contribution in [3.05, 3.63) is 63.2 Å². The molecule has 0 saturated heterocycles. The Hall–Kier alpha value is -2.65. The fourth-order valence-electron chi connectivity index (χ4n) is 2.75. The number of rotatable bonds is 5. The van der Waals surface area contributed by atoms with Gasteiger partial charge in [-0.15, -0.1) is 0 Å². The maximum atomic E-state index is 12.9. The molecule has 3 N–H and O–H groups in total. The fraction of sp³-hybridized carbons (Fsp3) is 0.190. The number of aromatic nitrogens is 1. The third kappa shape index (κ3) is 5.09. The molecule has 1 atom stereocenters. The summed E-state index contributed by atoms with van der Waals surface area (Å²) in [5.74, 6) is -2.04. The van der Waals surface area contributed by atoms with Gasteiger partial charge >= 0.3 is 11.8 Å². The molecule has 0 unspecified atom stereocenters. The molecule has 0 spiro atoms. The van der Waals surface area contributed by atoms with Gasteiger partial charge in [-0.1, -0.05) is 38.8 Å². The molecule has 0 aliphatic heterocycles. The first-order chi connectivity index (χ1) is 14.3. The van der Waals surface area contributed by atoms with E-state index in [4.69, 9.17) is 0 Å². The Balaban J connectivity index is 1.93. The van der Waals surface area contributed by atoms with Gasteiger partial charge in [0.15, 0.2) is 0 Å². The van der Waals surface area contributed by atoms with Crippen LogP contribution in [0.5, 0.6) is 0 Å². The smallest absolute Gasteiger partial charge is 0.328 e. The average molecular weight is 536 g/mol. The molecule has 1 heterocycles. The summed E-state index contributed by atoms with van der Waals surface area (Å²) in [6.07, 6.45) is 0.695. The number of amides is 3. The van der Waals surface area contributed by atoms with Crippen molar-refractivity contribution >= 4 is 66.2 Å². The van der Waals surface area contributed by atoms with Crippen LogP contribution in [-0.4, -0.2) is 28.4 Å². The number of benzene rings is 2. The van der Waals surface area contributed by atoms with Gasteiger partial charge in [-0.2, -0.15) is 0 Å². The Morgan fingerprint density at radius 3 is 2.30 bits per heavy atom. The third-order valence-corrected chi connectivity index (χ3v) is 5.53. The van der Waals surface area contributed by atoms with Gasteiger partial charge in [0.2, 0.25) is 0 Å². The van der Waals surface area contributed by atoms with Gasteiger partial charge in [-0.3, -0.25) is 19.8 Å². The number of hydrogen-bond acceptors (Lipinski definition) is 3. The van der Waals surface area contributed by atoms with Crippen molar-refractivity contribution in [1.82, 2.24) is 9.99 Å². The molecule has 3 aromatic rings. The van der Waals surface area contributed by atoms with E-state index >= 15 is 0 Å². The van der Waals surface area contributed by atoms with Crippen molar-refractivity contribution in [3.8, 4) is 0 Å². The molecular weight excluding hydrogens is 516 g/mol. The Labute approximate surface area is 190 Å². The fourth-order valence-corrected chi connectivity index (χ4v) is 3.39. The largest absolute Gasteiger partial charge is 0.345 e. The van der Waals surface area contributed by atoms with Crippen LogP contribution in [0.1, 0.15) is 30.8 Å². The highest BCUT2D eigenvalue weighted by Gasteiger charge is 2.21. The van der Waals surface area contributed by atoms with Crippen LogP contribution in [0.3, 0.4) is 0 Å². The molecule has 1 aromatic heterocycles. The molecule has 7 nitrogen and oxygen atoms in total. The lowest BCUT2D eigenvalue weighted by Gasteiger charge is -2.14. The summed E-state index contributed by atoms with van der Waals surface area (Å²) < 4.78 is 3.04. The standard InChI is InChI=1S/C21H20Br2N4O3/c1-3-12(2)24-20(29)21(30)26-27-17-9-6-15(23)10-13(17)11-18(27)19(28)25-16-7-4-14(22)5-8-16/h4-12H,3H2,1-2H3,(H,24,29)(H,25,28)(H,26,30)/t12-/m0/s1. The van der Waals surface area contributed by atoms with Gasteiger partial charge in [0.05, 0.1) is 5.52 Å². The van der Waals surface area contributed by atoms with Crippen molar-refractivity contribution in [2.24, 2.45) is 0 Å². The summed E-state index contributed by atoms with van der Waals surface area (Å²) in [7, 11) is 0. The zero-order valence-electron chi connectivity index (χ0n) is 16.3. The van der Waals surface area contributed by atoms with E-state index in [1.165, 1.54) is 4.68 Å². The van der Waals surface area contributed by atoms with E-state index in [1.54, 1.807) is 30.3 Å². The average Bonchev–Trinajstić information content (AvgIpc) is 3.06. The second-order valence-corrected chi connectivity index (χ2v) is 8.58. The molecule has 3 amide bonds. The van der Waals surface area contributed by atoms with Crippen molar-refractivity contribution in [3.63, 3.8) is 0 Å². The van der Waals surface area contributed by atoms with E-state index in [1.807, 2.05) is 32.0 Å². The lowest BCUT2D eigenvalue weighted by atomic mass is 10.2. The van der Waals surface area contributed by atoms with Crippen LogP contribution in [-0.2, 0) is 9.59 Å². The first-order valence-corrected chi connectivity index (χ1v) is 10.9. The topological polar surface area (TPSA) is 92.2 Å². The molecule has 0 fully saturated rings. The van der Waals surface area contributed by atoms with Gasteiger partial charge < -0.3 is 10.6 Å². The Kier molecular flexibility index (Phi) is 6.94. The zero-order valence-corrected chi connectivity index (χ0v) is 19.5. The maximum absolute atomic E-state index is 12.9. The molecule has 0 aliphatic rings. The SMILES string of the molecule is CC[C@H](C)NC(=O)C(=O)Nn1c(C(=O)Nc2ccc(Br)cc2)cc2cc(Br)ccc21. The highest BCUT2D eigenvalue weighted by atomic mass is 79.9. The molecule has 30 heavy (non-hydrogen) atoms. The van der Waals surface area contributed by atoms with Crippen molar-refractivity contribution in [2.75, 3.05) is 10.7 Å². The first kappa shape index (κ1) is 22.0. The second-order valence-electron chi connectivity index (χ2n) is 6.75. The summed E-state index contributed by atoms with van der Waals surface area (Å²) >= 11 is 6.76. The van der Waals surface area contributed by atoms with E-state index in [-0.39, 0.29) is 11.7 Å². The molecule has 0 saturated carbocycles. The highest BCUT2D eigenvalue weighted by Crippen LogP contribution is 2.24. The first-order valence-electron chi connectivity index (χ1n) is 9.28. The Morgan fingerprint density at radius 2 is 1.63 bits per heavy atom. The van der Waals surface area contributed by atoms with E-state index in [0.29, 0.717) is 17.6 Å². The molecule has 2 aromatic carbocycles. The zero-order chi connectivity index (χ0) is 21.8. The monoisotopic (exact) mass is 534 g/mol. The molecule has 9 heteroatoms. The summed E-state index contributed by atoms with van der Waals surface area (Å²) in [6, 6.07) is 14.0. The van der Waals surface area contributed by atoms with Crippen LogP contribution in [0.25, 0.3) is 10.9 Å². The van der Waals surface area contributed by atoms with E-state index in [9.17, 15) is 14.4 Å². The van der Waals surface area contributed by atoms with Crippen LogP contribution in [0.15, 0.2) is 57.5 Å². The summed E-state index contributed by atoms with van der Waals surface area (Å²) in [5.41, 5.74) is 3.92. The van der Waals surface area contributed by atoms with Crippen molar-refractivity contribution < 1.29 is 14.4 Å². The van der Waals surface area contributed by atoms with E-state index in [2.05, 4.69) is 47.9 Å². The predicted molar refractivity (Wildman–Crippen MR) is 124 cm³/mol. The number of nitrogens with one attached hydrogen (secondary N) is 3. The van der Waals surface area contributed by atoms with Crippen molar-refractivity contribution in [1.29, 1.82) is 0 Å². The maximum Gasteiger partial charge on any atom is 0.328 e. The van der Waals surface area contributed by atoms with Gasteiger partial charge in [0.25, 0.3) is 5.91 Å². The lowest BCUT2D eigenvalue weighted by molar-refractivity contribution is -0.137. The lowest BCUT2D eigenvalue weighted by Crippen LogP contribution is -2.43. The van der Waals surface area contributed by atoms with Crippen LogP contribution >= 0.6 is 31.9 Å². The Bertz CT molecular complexity index is 1110. The van der Waals surface area contributed by atoms with Crippen LogP contribution in [0.2, 0.25) is 0 Å². The predicted octanol–water partition coefficient (Wildman–Crippen LogP) is 4.40. The minimum Gasteiger partial charge on any atom is -0.345 e. The quantitative estimate of drug-likeness (QED) is 0.423. The molecule has 0 bridgehead atoms. The van der Waals surface area contributed by atoms with E-state index < -0.39 is 17.7 Å². The number of fused-ring (bicyclic) bond motifs is 1. The molecule has 0 aliphatic carbocycles. The third-order valence-electron chi connectivity index (χ3n) is 4.51. The van der Waals surface area contributed by atoms with Crippen LogP contribution in [0, 0.1) is 0 Å². The van der Waals surface area contributed by atoms with Crippen molar-refractivity contribution in [2.45, 2.75) is 26.3 Å². The van der Waals surface area contributed by atoms with Crippen LogP contribution in [0.4, 0.5) is 5.69 Å². The number of carbonyl (C=O) groups is 3. The molecule has 3 rings (SSSR count). The number of nitrogens with zero attached hydrogens (tertiary/aromatic N) is 1. The minimum absolute atomic E-state index is 0.138. The summed E-state index contributed by atoms with van der Waals surface area (Å²) in [4.78, 5) is 37.6. The summed E-state index contributed by atoms with van der Waals surface area (Å²) in [5, 5.41) is 6.15. The van der Waals surface area contributed by atoms with Gasteiger partial charge in [-0.05, 0) is 61.9 Å². The molecule has 156 valence electrons. The van der Waals surface area contributed by atoms with E-state index in [0.717, 1.165) is 14.3 Å². The Morgan fingerprint density at radius 1 is 0.967 bits per heavy atom. The number of carbonyl (C=O) groups excluding carboxylic acids is 3. The minimum atomic E-state index is -0.853. The highest BCUT2D eigenvalue weighted by molar-refractivity contribution is 9.10. The number of halogens is 2. The summed E-state index contributed by atoms with van der Waals surface area (Å²) in [6.45, 7) is 3.72. The van der Waals surface area contributed by atoms with Gasteiger partial charge in [0, 0.05) is 26.1 Å².